The number of aliphatic hydroxyl groups excluding tert-OH is 2. The summed E-state index contributed by atoms with van der Waals surface area (Å²) in [7, 11) is 0. The lowest BCUT2D eigenvalue weighted by Gasteiger charge is -2.20. The van der Waals surface area contributed by atoms with Gasteiger partial charge in [-0.25, -0.2) is 0 Å². The summed E-state index contributed by atoms with van der Waals surface area (Å²) in [5, 5.41) is 19.5. The van der Waals surface area contributed by atoms with E-state index in [1.807, 2.05) is 0 Å². The van der Waals surface area contributed by atoms with Crippen molar-refractivity contribution >= 4 is 17.9 Å². The summed E-state index contributed by atoms with van der Waals surface area (Å²) in [6.07, 6.45) is 11.4. The number of unbranched alkanes of at least 4 members (excludes halogenated alkanes) is 9. The molecule has 0 fully saturated rings. The molecule has 0 aromatic carbocycles. The second kappa shape index (κ2) is 20.9. The molecule has 0 saturated carbocycles. The highest BCUT2D eigenvalue weighted by Crippen LogP contribution is 2.16. The fourth-order valence-electron chi connectivity index (χ4n) is 3.58. The van der Waals surface area contributed by atoms with E-state index in [1.54, 1.807) is 0 Å². The van der Waals surface area contributed by atoms with Gasteiger partial charge in [0.15, 0.2) is 6.10 Å². The molecule has 0 radical (unpaired) electrons. The second-order valence-corrected chi connectivity index (χ2v) is 8.73. The first kappa shape index (κ1) is 31.3. The van der Waals surface area contributed by atoms with Crippen LogP contribution in [0.5, 0.6) is 0 Å². The minimum absolute atomic E-state index is 0.193. The Morgan fingerprint density at radius 1 is 0.727 bits per heavy atom. The number of carbonyl (C=O) groups excluding carboxylic acids is 3. The molecular weight excluding hydrogens is 428 g/mol. The quantitative estimate of drug-likeness (QED) is 0.144. The summed E-state index contributed by atoms with van der Waals surface area (Å²) >= 11 is 0. The Morgan fingerprint density at radius 3 is 1.82 bits per heavy atom. The summed E-state index contributed by atoms with van der Waals surface area (Å²) in [5.74, 6) is -1.73. The van der Waals surface area contributed by atoms with Crippen LogP contribution in [0, 0.1) is 0 Å². The highest BCUT2D eigenvalue weighted by molar-refractivity contribution is 5.71. The summed E-state index contributed by atoms with van der Waals surface area (Å²) in [6.45, 7) is 3.97. The zero-order valence-corrected chi connectivity index (χ0v) is 20.9. The maximum Gasteiger partial charge on any atom is 0.310 e. The van der Waals surface area contributed by atoms with Gasteiger partial charge in [-0.15, -0.1) is 0 Å². The van der Waals surface area contributed by atoms with Crippen LogP contribution in [0.3, 0.4) is 0 Å². The molecule has 0 aliphatic rings. The van der Waals surface area contributed by atoms with Crippen molar-refractivity contribution in [1.82, 2.24) is 0 Å². The first-order valence-corrected chi connectivity index (χ1v) is 12.6. The fraction of sp³-hybridized carbons (Fsp3) is 0.880. The van der Waals surface area contributed by atoms with Crippen molar-refractivity contribution in [2.45, 2.75) is 129 Å². The van der Waals surface area contributed by atoms with Crippen molar-refractivity contribution in [1.29, 1.82) is 0 Å². The minimum atomic E-state index is -0.971. The average Bonchev–Trinajstić information content (AvgIpc) is 2.75. The third kappa shape index (κ3) is 20.7. The SMILES string of the molecule is CCCCCCCCCCCC[C@H](O)CC[C@H](CC(=O)O[C@@H](CO)COC(C)=O)OC(C)=O. The van der Waals surface area contributed by atoms with Crippen LogP contribution in [0.1, 0.15) is 111 Å². The fourth-order valence-corrected chi connectivity index (χ4v) is 3.58. The number of hydrogen-bond donors (Lipinski definition) is 2. The number of esters is 3. The molecule has 0 rings (SSSR count). The van der Waals surface area contributed by atoms with Crippen LogP contribution in [0.25, 0.3) is 0 Å². The van der Waals surface area contributed by atoms with Gasteiger partial charge in [0.05, 0.1) is 19.1 Å². The second-order valence-electron chi connectivity index (χ2n) is 8.73. The van der Waals surface area contributed by atoms with E-state index < -0.39 is 42.8 Å². The van der Waals surface area contributed by atoms with Crippen molar-refractivity contribution < 1.29 is 38.8 Å². The van der Waals surface area contributed by atoms with Crippen molar-refractivity contribution in [3.05, 3.63) is 0 Å². The monoisotopic (exact) mass is 474 g/mol. The summed E-state index contributed by atoms with van der Waals surface area (Å²) in [4.78, 5) is 34.4. The van der Waals surface area contributed by atoms with Crippen LogP contribution in [0.2, 0.25) is 0 Å². The molecule has 0 amide bonds. The van der Waals surface area contributed by atoms with Gasteiger partial charge in [-0.05, 0) is 19.3 Å². The predicted molar refractivity (Wildman–Crippen MR) is 125 cm³/mol. The van der Waals surface area contributed by atoms with E-state index in [0.29, 0.717) is 19.3 Å². The maximum absolute atomic E-state index is 12.1. The molecule has 0 heterocycles. The third-order valence-electron chi connectivity index (χ3n) is 5.41. The molecule has 2 N–H and O–H groups in total. The Morgan fingerprint density at radius 2 is 1.30 bits per heavy atom. The maximum atomic E-state index is 12.1. The van der Waals surface area contributed by atoms with Gasteiger partial charge in [0.1, 0.15) is 12.7 Å². The van der Waals surface area contributed by atoms with Gasteiger partial charge in [-0.2, -0.15) is 0 Å². The number of rotatable bonds is 21. The highest BCUT2D eigenvalue weighted by Gasteiger charge is 2.22. The van der Waals surface area contributed by atoms with Crippen molar-refractivity contribution in [2.24, 2.45) is 0 Å². The molecule has 194 valence electrons. The minimum Gasteiger partial charge on any atom is -0.462 e. The lowest BCUT2D eigenvalue weighted by atomic mass is 10.0. The Balaban J connectivity index is 4.11. The molecule has 0 unspecified atom stereocenters. The summed E-state index contributed by atoms with van der Waals surface area (Å²) in [6, 6.07) is 0. The third-order valence-corrected chi connectivity index (χ3v) is 5.41. The van der Waals surface area contributed by atoms with Gasteiger partial charge >= 0.3 is 17.9 Å². The van der Waals surface area contributed by atoms with Crippen LogP contribution in [-0.4, -0.2) is 59.6 Å². The highest BCUT2D eigenvalue weighted by atomic mass is 16.6. The van der Waals surface area contributed by atoms with Crippen LogP contribution in [-0.2, 0) is 28.6 Å². The molecule has 33 heavy (non-hydrogen) atoms. The van der Waals surface area contributed by atoms with Gasteiger partial charge in [-0.3, -0.25) is 14.4 Å². The number of carbonyl (C=O) groups is 3. The van der Waals surface area contributed by atoms with Gasteiger partial charge in [0.25, 0.3) is 0 Å². The van der Waals surface area contributed by atoms with Crippen LogP contribution in [0.4, 0.5) is 0 Å². The van der Waals surface area contributed by atoms with Gasteiger partial charge < -0.3 is 24.4 Å². The lowest BCUT2D eigenvalue weighted by Crippen LogP contribution is -2.30. The molecule has 3 atom stereocenters. The predicted octanol–water partition coefficient (Wildman–Crippen LogP) is 4.23. The zero-order valence-electron chi connectivity index (χ0n) is 20.9. The van der Waals surface area contributed by atoms with Crippen molar-refractivity contribution in [3.63, 3.8) is 0 Å². The summed E-state index contributed by atoms with van der Waals surface area (Å²) < 4.78 is 15.0. The van der Waals surface area contributed by atoms with Gasteiger partial charge in [0.2, 0.25) is 0 Å². The Bertz CT molecular complexity index is 523. The van der Waals surface area contributed by atoms with E-state index in [9.17, 15) is 24.6 Å². The first-order valence-electron chi connectivity index (χ1n) is 12.6. The molecule has 8 nitrogen and oxygen atoms in total. The van der Waals surface area contributed by atoms with Crippen LogP contribution >= 0.6 is 0 Å². The first-order chi connectivity index (χ1) is 15.8. The lowest BCUT2D eigenvalue weighted by molar-refractivity contribution is -0.164. The van der Waals surface area contributed by atoms with E-state index in [-0.39, 0.29) is 13.0 Å². The van der Waals surface area contributed by atoms with Crippen LogP contribution in [0.15, 0.2) is 0 Å². The Kier molecular flexibility index (Phi) is 19.8. The number of aliphatic hydroxyl groups is 2. The molecule has 0 aliphatic carbocycles. The Labute approximate surface area is 199 Å². The van der Waals surface area contributed by atoms with Crippen LogP contribution < -0.4 is 0 Å². The molecule has 0 aromatic rings. The molecule has 0 aliphatic heterocycles. The largest absolute Gasteiger partial charge is 0.462 e. The number of ether oxygens (including phenoxy) is 3. The molecular formula is C25H46O8. The van der Waals surface area contributed by atoms with Gasteiger partial charge in [-0.1, -0.05) is 71.1 Å². The van der Waals surface area contributed by atoms with E-state index in [4.69, 9.17) is 14.2 Å². The van der Waals surface area contributed by atoms with E-state index in [1.165, 1.54) is 65.2 Å². The average molecular weight is 475 g/mol. The van der Waals surface area contributed by atoms with E-state index >= 15 is 0 Å². The topological polar surface area (TPSA) is 119 Å². The molecule has 8 heteroatoms. The van der Waals surface area contributed by atoms with Crippen molar-refractivity contribution in [2.75, 3.05) is 13.2 Å². The summed E-state index contributed by atoms with van der Waals surface area (Å²) in [5.41, 5.74) is 0. The molecule has 0 spiro atoms. The molecule has 0 saturated heterocycles. The smallest absolute Gasteiger partial charge is 0.310 e. The van der Waals surface area contributed by atoms with E-state index in [2.05, 4.69) is 6.92 Å². The van der Waals surface area contributed by atoms with Gasteiger partial charge in [0, 0.05) is 13.8 Å². The van der Waals surface area contributed by atoms with E-state index in [0.717, 1.165) is 12.8 Å². The normalized spacial score (nSPS) is 13.7. The standard InChI is InChI=1S/C25H46O8/c1-4-5-6-7-8-9-10-11-12-13-14-22(29)15-16-23(32-21(3)28)17-25(30)33-24(18-26)19-31-20(2)27/h22-24,26,29H,4-19H2,1-3H3/t22-,23+,24-/m0/s1. The number of hydrogen-bond acceptors (Lipinski definition) is 8. The zero-order chi connectivity index (χ0) is 24.9. The Hall–Kier alpha value is -1.67. The van der Waals surface area contributed by atoms with Crippen molar-refractivity contribution in [3.8, 4) is 0 Å². The molecule has 0 aromatic heterocycles. The molecule has 0 bridgehead atoms.